The lowest BCUT2D eigenvalue weighted by Crippen LogP contribution is -3.09. The van der Waals surface area contributed by atoms with Crippen molar-refractivity contribution >= 4 is 76.7 Å². The second-order valence-corrected chi connectivity index (χ2v) is 16.5. The zero-order chi connectivity index (χ0) is 31.8. The summed E-state index contributed by atoms with van der Waals surface area (Å²) in [7, 11) is -8.41. The Bertz CT molecular complexity index is 2040. The third-order valence-electron chi connectivity index (χ3n) is 8.13. The van der Waals surface area contributed by atoms with Crippen LogP contribution in [0.15, 0.2) is 105 Å². The lowest BCUT2D eigenvalue weighted by atomic mass is 10.1. The van der Waals surface area contributed by atoms with Crippen molar-refractivity contribution in [2.45, 2.75) is 41.4 Å². The van der Waals surface area contributed by atoms with Crippen molar-refractivity contribution in [2.24, 2.45) is 0 Å². The van der Waals surface area contributed by atoms with E-state index in [-0.39, 0.29) is 24.0 Å². The highest BCUT2D eigenvalue weighted by Gasteiger charge is 2.36. The number of allylic oxidation sites excluding steroid dienone is 2. The highest BCUT2D eigenvalue weighted by Crippen LogP contribution is 2.50. The maximum atomic E-state index is 11.6. The van der Waals surface area contributed by atoms with Gasteiger partial charge in [-0.2, -0.15) is 8.42 Å². The molecule has 2 atom stereocenters. The van der Waals surface area contributed by atoms with Crippen molar-refractivity contribution in [3.63, 3.8) is 0 Å². The average Bonchev–Trinajstić information content (AvgIpc) is 3.53. The van der Waals surface area contributed by atoms with Crippen LogP contribution in [0.4, 0.5) is 11.4 Å². The van der Waals surface area contributed by atoms with Gasteiger partial charge in [0.25, 0.3) is 10.1 Å². The van der Waals surface area contributed by atoms with E-state index in [0.29, 0.717) is 13.1 Å². The Balaban J connectivity index is 1.37. The predicted molar refractivity (Wildman–Crippen MR) is 183 cm³/mol. The molecule has 0 fully saturated rings. The molecule has 12 heteroatoms. The van der Waals surface area contributed by atoms with Gasteiger partial charge in [0.05, 0.1) is 38.0 Å². The number of rotatable bonds is 11. The Kier molecular flexibility index (Phi) is 9.36. The quantitative estimate of drug-likeness (QED) is 0.185. The molecule has 2 N–H and O–H groups in total. The summed E-state index contributed by atoms with van der Waals surface area (Å²) < 4.78 is 66.9. The van der Waals surface area contributed by atoms with Gasteiger partial charge in [0.2, 0.25) is 0 Å². The van der Waals surface area contributed by atoms with Gasteiger partial charge in [-0.3, -0.25) is 9.45 Å². The normalized spacial score (nSPS) is 19.5. The molecular formula is C33H34N2O6S4. The van der Waals surface area contributed by atoms with Gasteiger partial charge in [0, 0.05) is 34.4 Å². The van der Waals surface area contributed by atoms with Gasteiger partial charge in [-0.05, 0) is 59.5 Å². The minimum atomic E-state index is -4.32. The highest BCUT2D eigenvalue weighted by atomic mass is 32.2. The van der Waals surface area contributed by atoms with E-state index in [4.69, 9.17) is 0 Å². The van der Waals surface area contributed by atoms with Gasteiger partial charge in [0.15, 0.2) is 11.1 Å². The maximum Gasteiger partial charge on any atom is 0.264 e. The van der Waals surface area contributed by atoms with Crippen LogP contribution < -0.4 is 9.80 Å². The van der Waals surface area contributed by atoms with Crippen LogP contribution in [0.2, 0.25) is 0 Å². The Morgan fingerprint density at radius 3 is 2.27 bits per heavy atom. The minimum Gasteiger partial charge on any atom is -0.748 e. The van der Waals surface area contributed by atoms with Gasteiger partial charge in [-0.15, -0.1) is 0 Å². The second-order valence-electron chi connectivity index (χ2n) is 11.2. The summed E-state index contributed by atoms with van der Waals surface area (Å²) in [6.45, 7) is 3.02. The molecule has 8 nitrogen and oxygen atoms in total. The number of anilines is 1. The van der Waals surface area contributed by atoms with Gasteiger partial charge in [-0.1, -0.05) is 85.0 Å². The Hall–Kier alpha value is -2.84. The second kappa shape index (κ2) is 13.1. The summed E-state index contributed by atoms with van der Waals surface area (Å²) in [5.74, 6) is -0.718. The smallest absolute Gasteiger partial charge is 0.264 e. The largest absolute Gasteiger partial charge is 0.748 e. The first-order valence-corrected chi connectivity index (χ1v) is 19.7. The monoisotopic (exact) mass is 682 g/mol. The van der Waals surface area contributed by atoms with Crippen molar-refractivity contribution in [3.8, 4) is 0 Å². The molecule has 0 amide bonds. The molecule has 0 aliphatic carbocycles. The third kappa shape index (κ3) is 7.27. The van der Waals surface area contributed by atoms with Crippen LogP contribution in [-0.2, 0) is 20.2 Å². The lowest BCUT2D eigenvalue weighted by Gasteiger charge is -2.23. The highest BCUT2D eigenvalue weighted by molar-refractivity contribution is 8.03. The molecule has 0 saturated carbocycles. The molecule has 4 aromatic carbocycles. The lowest BCUT2D eigenvalue weighted by molar-refractivity contribution is -0.834. The number of quaternary nitrogens is 1. The molecule has 0 radical (unpaired) electrons. The van der Waals surface area contributed by atoms with Crippen molar-refractivity contribution in [1.29, 1.82) is 0 Å². The number of fused-ring (bicyclic) bond motifs is 6. The summed E-state index contributed by atoms with van der Waals surface area (Å²) in [6.07, 6.45) is 5.68. The minimum absolute atomic E-state index is 0.0328. The number of hydrogen-bond donors (Lipinski definition) is 2. The SMILES string of the molecule is CCC(/C=C1\Sc2ccc3ccccc3c2N1CCCS(=O)(=O)O)=C\C1Sc2ccc3ccccc3c2[NH+]1CCCS(=O)(=O)[O-]. The Labute approximate surface area is 272 Å². The van der Waals surface area contributed by atoms with Gasteiger partial charge in [0.1, 0.15) is 0 Å². The van der Waals surface area contributed by atoms with E-state index in [1.54, 1.807) is 23.5 Å². The predicted octanol–water partition coefficient (Wildman–Crippen LogP) is 5.94. The van der Waals surface area contributed by atoms with Crippen LogP contribution in [0.5, 0.6) is 0 Å². The van der Waals surface area contributed by atoms with Gasteiger partial charge in [-0.25, -0.2) is 8.42 Å². The first-order chi connectivity index (χ1) is 21.5. The molecule has 2 heterocycles. The summed E-state index contributed by atoms with van der Waals surface area (Å²) in [4.78, 5) is 5.50. The molecule has 2 aliphatic rings. The number of nitrogens with zero attached hydrogens (tertiary/aromatic N) is 1. The van der Waals surface area contributed by atoms with Crippen LogP contribution in [0.25, 0.3) is 21.5 Å². The van der Waals surface area contributed by atoms with Crippen molar-refractivity contribution in [2.75, 3.05) is 29.5 Å². The molecule has 236 valence electrons. The average molecular weight is 683 g/mol. The molecule has 45 heavy (non-hydrogen) atoms. The zero-order valence-corrected chi connectivity index (χ0v) is 27.9. The van der Waals surface area contributed by atoms with E-state index in [1.807, 2.05) is 24.3 Å². The summed E-state index contributed by atoms with van der Waals surface area (Å²) in [6, 6.07) is 24.7. The topological polar surface area (TPSA) is 119 Å². The molecule has 2 unspecified atom stereocenters. The van der Waals surface area contributed by atoms with Crippen LogP contribution >= 0.6 is 23.5 Å². The van der Waals surface area contributed by atoms with E-state index in [0.717, 1.165) is 64.6 Å². The van der Waals surface area contributed by atoms with Crippen molar-refractivity contribution in [3.05, 3.63) is 95.6 Å². The first-order valence-electron chi connectivity index (χ1n) is 14.8. The van der Waals surface area contributed by atoms with E-state index in [9.17, 15) is 25.9 Å². The molecular weight excluding hydrogens is 649 g/mol. The number of thioether (sulfide) groups is 2. The molecule has 6 rings (SSSR count). The van der Waals surface area contributed by atoms with Gasteiger partial charge < -0.3 is 9.45 Å². The molecule has 2 aliphatic heterocycles. The van der Waals surface area contributed by atoms with Crippen LogP contribution in [-0.4, -0.2) is 55.9 Å². The first kappa shape index (κ1) is 32.1. The van der Waals surface area contributed by atoms with Crippen LogP contribution in [0.1, 0.15) is 26.2 Å². The number of hydrogen-bond acceptors (Lipinski definition) is 8. The summed E-state index contributed by atoms with van der Waals surface area (Å²) in [5.41, 5.74) is 3.26. The van der Waals surface area contributed by atoms with Crippen LogP contribution in [0, 0.1) is 0 Å². The Morgan fingerprint density at radius 2 is 1.58 bits per heavy atom. The van der Waals surface area contributed by atoms with Gasteiger partial charge >= 0.3 is 0 Å². The third-order valence-corrected chi connectivity index (χ3v) is 12.1. The van der Waals surface area contributed by atoms with E-state index in [1.165, 1.54) is 0 Å². The van der Waals surface area contributed by atoms with E-state index < -0.39 is 26.0 Å². The van der Waals surface area contributed by atoms with E-state index >= 15 is 0 Å². The fourth-order valence-corrected chi connectivity index (χ4v) is 9.67. The maximum absolute atomic E-state index is 11.6. The molecule has 0 saturated heterocycles. The van der Waals surface area contributed by atoms with Crippen LogP contribution in [0.3, 0.4) is 0 Å². The summed E-state index contributed by atoms with van der Waals surface area (Å²) >= 11 is 3.38. The fourth-order valence-electron chi connectivity index (χ4n) is 6.10. The molecule has 0 spiro atoms. The molecule has 0 bridgehead atoms. The Morgan fingerprint density at radius 1 is 0.911 bits per heavy atom. The fraction of sp³-hybridized carbons (Fsp3) is 0.273. The zero-order valence-electron chi connectivity index (χ0n) is 24.7. The standard InChI is InChI=1S/C33H34N2O6S4/c1-2-23(21-30-34(17-7-19-44(36,37)38)32-26-11-5-3-9-24(26)13-15-28(32)42-30)22-31-35(18-8-20-45(39,40)41)33-27-12-6-4-10-25(27)14-16-29(33)43-31/h3-6,9-16,21-22,30H,2,7-8,17-20H2,1H3,(H,36,37,38)(H,39,40,41)/b23-21+,31-22-. The summed E-state index contributed by atoms with van der Waals surface area (Å²) in [5, 5.41) is 5.35. The van der Waals surface area contributed by atoms with Crippen molar-refractivity contribution < 1.29 is 30.8 Å². The van der Waals surface area contributed by atoms with E-state index in [2.05, 4.69) is 72.5 Å². The number of nitrogens with one attached hydrogen (secondary N) is 1. The molecule has 4 aromatic rings. The molecule has 0 aromatic heterocycles. The number of benzene rings is 4. The van der Waals surface area contributed by atoms with Crippen molar-refractivity contribution in [1.82, 2.24) is 0 Å².